The minimum absolute atomic E-state index is 0.586. The van der Waals surface area contributed by atoms with Crippen molar-refractivity contribution in [3.05, 3.63) is 425 Å². The van der Waals surface area contributed by atoms with Crippen LogP contribution in [0.25, 0.3) is 179 Å². The van der Waals surface area contributed by atoms with E-state index < -0.39 is 14.3 Å². The summed E-state index contributed by atoms with van der Waals surface area (Å²) in [6.45, 7) is 0. The molecule has 10 nitrogen and oxygen atoms in total. The molecule has 21 aromatic rings. The fraction of sp³-hybridized carbons (Fsp3) is 0. The standard InChI is InChI=1S/C57H37N4OP.C51H33N4OP/c62-63(46-18-8-3-9-19-46)52-23-13-11-20-47(52)48-36-37-51-53(54(48)63)49-21-10-12-22-50(49)61(51)45-34-32-44(33-35-45)57-59-55(42-28-24-40(25-29-42)38-14-4-1-5-15-38)58-56(60-57)43-30-26-41(27-31-43)39-16-6-2-7-17-39;56-57(40-18-8-3-9-19-40)46-23-13-11-20-41(46)42-32-33-45-47(48(42)57)43-21-10-12-22-44(43)55(45)39-30-28-38(29-31-39)51-53-49(36-16-6-2-7-17-36)52-50(54-51)37-26-24-35(25-27-37)34-14-4-1-5-15-34/h1-37H;1-33H. The first-order chi connectivity index (χ1) is 59.3. The molecule has 0 radical (unpaired) electrons. The highest BCUT2D eigenvalue weighted by atomic mass is 31.2. The van der Waals surface area contributed by atoms with Gasteiger partial charge in [-0.2, -0.15) is 0 Å². The number of aromatic nitrogens is 8. The van der Waals surface area contributed by atoms with Gasteiger partial charge in [-0.1, -0.05) is 352 Å². The largest absolute Gasteiger partial charge is 0.309 e. The average molecular weight is 1570 g/mol. The monoisotopic (exact) mass is 1570 g/mol. The van der Waals surface area contributed by atoms with Gasteiger partial charge in [0.05, 0.1) is 22.1 Å². The summed E-state index contributed by atoms with van der Waals surface area (Å²) >= 11 is 0. The smallest absolute Gasteiger partial charge is 0.172 e. The van der Waals surface area contributed by atoms with E-state index in [1.54, 1.807) is 0 Å². The number of rotatable bonds is 13. The Morgan fingerprint density at radius 1 is 0.183 bits per heavy atom. The molecular formula is C108H70N8O2P2. The molecule has 17 aromatic carbocycles. The van der Waals surface area contributed by atoms with Gasteiger partial charge < -0.3 is 18.3 Å². The second-order valence-corrected chi connectivity index (χ2v) is 35.6. The molecule has 2 aliphatic heterocycles. The minimum atomic E-state index is -3.21. The summed E-state index contributed by atoms with van der Waals surface area (Å²) < 4.78 is 36.2. The van der Waals surface area contributed by atoms with Crippen LogP contribution in [0.3, 0.4) is 0 Å². The molecule has 12 heteroatoms. The zero-order valence-electron chi connectivity index (χ0n) is 64.7. The molecular weight excluding hydrogens is 1500 g/mol. The number of fused-ring (bicyclic) bond motifs is 14. The van der Waals surface area contributed by atoms with Crippen molar-refractivity contribution in [1.82, 2.24) is 39.0 Å². The zero-order valence-corrected chi connectivity index (χ0v) is 66.5. The van der Waals surface area contributed by atoms with E-state index in [4.69, 9.17) is 29.9 Å². The molecule has 0 bridgehead atoms. The molecule has 0 saturated heterocycles. The second-order valence-electron chi connectivity index (χ2n) is 30.2. The van der Waals surface area contributed by atoms with Crippen LogP contribution in [0.5, 0.6) is 0 Å². The van der Waals surface area contributed by atoms with Crippen molar-refractivity contribution in [2.24, 2.45) is 0 Å². The molecule has 120 heavy (non-hydrogen) atoms. The van der Waals surface area contributed by atoms with E-state index in [0.717, 1.165) is 176 Å². The van der Waals surface area contributed by atoms with Crippen molar-refractivity contribution in [1.29, 1.82) is 0 Å². The van der Waals surface area contributed by atoms with Crippen LogP contribution in [0.2, 0.25) is 0 Å². The van der Waals surface area contributed by atoms with Crippen LogP contribution in [-0.4, -0.2) is 39.0 Å². The normalized spacial score (nSPS) is 14.3. The Morgan fingerprint density at radius 2 is 0.417 bits per heavy atom. The molecule has 0 N–H and O–H groups in total. The lowest BCUT2D eigenvalue weighted by molar-refractivity contribution is 0.592. The van der Waals surface area contributed by atoms with Crippen molar-refractivity contribution < 1.29 is 9.13 Å². The molecule has 0 amide bonds. The highest BCUT2D eigenvalue weighted by Gasteiger charge is 2.44. The summed E-state index contributed by atoms with van der Waals surface area (Å²) in [5.41, 5.74) is 22.5. The fourth-order valence-corrected chi connectivity index (χ4v) is 24.3. The highest BCUT2D eigenvalue weighted by molar-refractivity contribution is 7.87. The van der Waals surface area contributed by atoms with Gasteiger partial charge in [-0.25, -0.2) is 29.9 Å². The van der Waals surface area contributed by atoms with E-state index in [9.17, 15) is 0 Å². The van der Waals surface area contributed by atoms with Crippen LogP contribution in [-0.2, 0) is 9.13 Å². The van der Waals surface area contributed by atoms with Crippen LogP contribution < -0.4 is 31.8 Å². The quantitative estimate of drug-likeness (QED) is 0.105. The summed E-state index contributed by atoms with van der Waals surface area (Å²) in [6.07, 6.45) is 0. The number of hydrogen-bond donors (Lipinski definition) is 0. The number of nitrogens with zero attached hydrogens (tertiary/aromatic N) is 8. The van der Waals surface area contributed by atoms with E-state index >= 15 is 9.13 Å². The van der Waals surface area contributed by atoms with Gasteiger partial charge in [0.15, 0.2) is 49.2 Å². The Labute approximate surface area is 693 Å². The Morgan fingerprint density at radius 3 is 0.733 bits per heavy atom. The second kappa shape index (κ2) is 29.5. The lowest BCUT2D eigenvalue weighted by Crippen LogP contribution is -2.21. The van der Waals surface area contributed by atoms with E-state index in [1.807, 2.05) is 146 Å². The maximum Gasteiger partial charge on any atom is 0.172 e. The van der Waals surface area contributed by atoms with Gasteiger partial charge in [0, 0.05) is 98.1 Å². The van der Waals surface area contributed by atoms with Crippen molar-refractivity contribution in [2.75, 3.05) is 0 Å². The van der Waals surface area contributed by atoms with Crippen LogP contribution in [0.1, 0.15) is 0 Å². The Balaban J connectivity index is 0.000000145. The average Bonchev–Trinajstić information content (AvgIpc) is 1.53. The predicted molar refractivity (Wildman–Crippen MR) is 494 cm³/mol. The third-order valence-electron chi connectivity index (χ3n) is 23.4. The number of para-hydroxylation sites is 2. The summed E-state index contributed by atoms with van der Waals surface area (Å²) in [7, 11) is -6.41. The maximum atomic E-state index is 15.9. The van der Waals surface area contributed by atoms with Crippen molar-refractivity contribution in [3.8, 4) is 135 Å². The molecule has 4 aromatic heterocycles. The van der Waals surface area contributed by atoms with E-state index in [-0.39, 0.29) is 0 Å². The first-order valence-electron chi connectivity index (χ1n) is 40.2. The van der Waals surface area contributed by atoms with Crippen LogP contribution in [0.4, 0.5) is 0 Å². The Hall–Kier alpha value is -15.2. The molecule has 564 valence electrons. The highest BCUT2D eigenvalue weighted by Crippen LogP contribution is 2.57. The number of benzene rings is 17. The van der Waals surface area contributed by atoms with Crippen LogP contribution in [0.15, 0.2) is 425 Å². The molecule has 2 aliphatic rings. The Kier molecular flexibility index (Phi) is 17.6. The minimum Gasteiger partial charge on any atom is -0.309 e. The molecule has 2 unspecified atom stereocenters. The van der Waals surface area contributed by atoms with Crippen LogP contribution >= 0.6 is 14.3 Å². The molecule has 0 aliphatic carbocycles. The summed E-state index contributed by atoms with van der Waals surface area (Å²) in [5, 5.41) is 9.53. The lowest BCUT2D eigenvalue weighted by Gasteiger charge is -2.17. The SMILES string of the molecule is O=P1(c2ccccc2)c2ccccc2-c2ccc3c(c21)c1ccccc1n3-c1ccc(-c2nc(-c3ccc(-c4ccccc4)cc3)nc(-c3ccc(-c4ccccc4)cc3)n2)cc1.O=P1(c2ccccc2)c2ccccc2-c2ccc3c(c21)c1ccccc1n3-c1ccc(-c2nc(-c3ccccc3)nc(-c3ccc(-c4ccccc4)cc3)n2)cc1. The van der Waals surface area contributed by atoms with E-state index in [0.29, 0.717) is 34.9 Å². The third-order valence-corrected chi connectivity index (χ3v) is 29.8. The van der Waals surface area contributed by atoms with Gasteiger partial charge in [-0.15, -0.1) is 0 Å². The fourth-order valence-electron chi connectivity index (χ4n) is 17.7. The van der Waals surface area contributed by atoms with E-state index in [2.05, 4.69) is 288 Å². The van der Waals surface area contributed by atoms with Gasteiger partial charge in [-0.05, 0) is 128 Å². The molecule has 23 rings (SSSR count). The Bertz CT molecular complexity index is 7540. The topological polar surface area (TPSA) is 121 Å². The van der Waals surface area contributed by atoms with Crippen LogP contribution in [0, 0.1) is 0 Å². The van der Waals surface area contributed by atoms with Crippen molar-refractivity contribution >= 4 is 89.7 Å². The molecule has 6 heterocycles. The maximum absolute atomic E-state index is 15.9. The molecule has 0 fully saturated rings. The molecule has 0 saturated carbocycles. The van der Waals surface area contributed by atoms with Crippen molar-refractivity contribution in [2.45, 2.75) is 0 Å². The molecule has 2 atom stereocenters. The predicted octanol–water partition coefficient (Wildman–Crippen LogP) is 24.2. The van der Waals surface area contributed by atoms with Gasteiger partial charge in [0.1, 0.15) is 0 Å². The summed E-state index contributed by atoms with van der Waals surface area (Å²) in [6, 6.07) is 145. The summed E-state index contributed by atoms with van der Waals surface area (Å²) in [4.78, 5) is 30.3. The van der Waals surface area contributed by atoms with Gasteiger partial charge >= 0.3 is 0 Å². The number of hydrogen-bond acceptors (Lipinski definition) is 8. The van der Waals surface area contributed by atoms with Gasteiger partial charge in [-0.3, -0.25) is 0 Å². The zero-order chi connectivity index (χ0) is 79.8. The van der Waals surface area contributed by atoms with Crippen molar-refractivity contribution in [3.63, 3.8) is 0 Å². The lowest BCUT2D eigenvalue weighted by atomic mass is 10.0. The van der Waals surface area contributed by atoms with E-state index in [1.165, 1.54) is 0 Å². The third kappa shape index (κ3) is 12.1. The first kappa shape index (κ1) is 71.4. The van der Waals surface area contributed by atoms with Gasteiger partial charge in [0.2, 0.25) is 0 Å². The molecule has 0 spiro atoms. The first-order valence-corrected chi connectivity index (χ1v) is 43.6. The summed E-state index contributed by atoms with van der Waals surface area (Å²) in [5.74, 6) is 3.62. The van der Waals surface area contributed by atoms with Gasteiger partial charge in [0.25, 0.3) is 0 Å².